The number of hydrogen-bond acceptors (Lipinski definition) is 6. The average molecular weight is 689 g/mol. The Kier molecular flexibility index (Phi) is 12.1. The molecule has 0 saturated heterocycles. The van der Waals surface area contributed by atoms with E-state index in [2.05, 4.69) is 20.8 Å². The van der Waals surface area contributed by atoms with Gasteiger partial charge in [-0.2, -0.15) is 0 Å². The van der Waals surface area contributed by atoms with Crippen LogP contribution >= 0.6 is 0 Å². The summed E-state index contributed by atoms with van der Waals surface area (Å²) in [5.74, 6) is -3.38. The van der Waals surface area contributed by atoms with Gasteiger partial charge in [-0.25, -0.2) is 0 Å². The van der Waals surface area contributed by atoms with Gasteiger partial charge in [-0.1, -0.05) is 127 Å². The number of carbonyl (C=O) groups is 3. The molecule has 44 heavy (non-hydrogen) atoms. The van der Waals surface area contributed by atoms with Crippen LogP contribution in [0.1, 0.15) is 51.8 Å². The zero-order valence-electron chi connectivity index (χ0n) is 24.6. The van der Waals surface area contributed by atoms with Crippen LogP contribution in [0.25, 0.3) is 32.3 Å². The molecular formula is C37H30O6Sn. The van der Waals surface area contributed by atoms with Crippen LogP contribution < -0.4 is 15.3 Å². The molecule has 0 atom stereocenters. The Morgan fingerprint density at radius 3 is 0.864 bits per heavy atom. The van der Waals surface area contributed by atoms with Crippen LogP contribution in [0.5, 0.6) is 0 Å². The molecule has 0 aliphatic carbocycles. The summed E-state index contributed by atoms with van der Waals surface area (Å²) in [5, 5.41) is 37.1. The maximum absolute atomic E-state index is 10.7. The number of hydrogen-bond donors (Lipinski definition) is 0. The first kappa shape index (κ1) is 33.8. The molecule has 0 aliphatic heterocycles. The number of benzene rings is 6. The summed E-state index contributed by atoms with van der Waals surface area (Å²) in [7, 11) is 0. The summed E-state index contributed by atoms with van der Waals surface area (Å²) >= 11 is 1.62. The molecule has 0 fully saturated rings. The van der Waals surface area contributed by atoms with Gasteiger partial charge in [0.25, 0.3) is 0 Å². The third kappa shape index (κ3) is 9.95. The van der Waals surface area contributed by atoms with Gasteiger partial charge in [-0.15, -0.1) is 0 Å². The SMILES string of the molecule is C[C](C)(C)[Sn+3].O=C([O-])c1cccc2ccccc12.O=C([O-])c1cccc2ccccc12.O=C([O-])c1cccc2ccccc12. The second kappa shape index (κ2) is 15.7. The maximum Gasteiger partial charge on any atom is 0.0721 e. The van der Waals surface area contributed by atoms with Crippen LogP contribution in [0.3, 0.4) is 0 Å². The second-order valence-corrected chi connectivity index (χ2v) is 15.0. The summed E-state index contributed by atoms with van der Waals surface area (Å²) in [4.78, 5) is 32.1. The van der Waals surface area contributed by atoms with Crippen molar-refractivity contribution in [2.24, 2.45) is 0 Å². The molecule has 0 amide bonds. The smallest absolute Gasteiger partial charge is 0.0721 e. The van der Waals surface area contributed by atoms with E-state index in [1.54, 1.807) is 77.1 Å². The average Bonchev–Trinajstić information content (AvgIpc) is 3.00. The van der Waals surface area contributed by atoms with E-state index in [1.165, 1.54) is 0 Å². The molecule has 218 valence electrons. The van der Waals surface area contributed by atoms with Crippen molar-refractivity contribution in [3.05, 3.63) is 144 Å². The van der Waals surface area contributed by atoms with Crippen molar-refractivity contribution in [2.75, 3.05) is 0 Å². The van der Waals surface area contributed by atoms with Gasteiger partial charge in [0, 0.05) is 16.7 Å². The van der Waals surface area contributed by atoms with Gasteiger partial charge in [0.1, 0.15) is 0 Å². The first-order valence-corrected chi connectivity index (χ1v) is 15.1. The molecule has 0 bridgehead atoms. The first-order chi connectivity index (χ1) is 20.9. The van der Waals surface area contributed by atoms with Crippen LogP contribution in [-0.4, -0.2) is 40.4 Å². The van der Waals surface area contributed by atoms with Gasteiger partial charge < -0.3 is 29.7 Å². The van der Waals surface area contributed by atoms with Crippen molar-refractivity contribution in [3.8, 4) is 0 Å². The molecule has 6 aromatic rings. The third-order valence-corrected chi connectivity index (χ3v) is 6.03. The van der Waals surface area contributed by atoms with Gasteiger partial charge in [0.2, 0.25) is 0 Å². The minimum Gasteiger partial charge on any atom is -0.545 e. The number of carboxylic acids is 3. The van der Waals surface area contributed by atoms with Crippen molar-refractivity contribution < 1.29 is 29.7 Å². The molecule has 0 heterocycles. The van der Waals surface area contributed by atoms with Gasteiger partial charge in [0.15, 0.2) is 0 Å². The van der Waals surface area contributed by atoms with Crippen LogP contribution in [0.15, 0.2) is 127 Å². The van der Waals surface area contributed by atoms with Crippen molar-refractivity contribution >= 4 is 72.8 Å². The van der Waals surface area contributed by atoms with E-state index >= 15 is 0 Å². The summed E-state index contributed by atoms with van der Waals surface area (Å²) in [6.45, 7) is 6.68. The predicted molar refractivity (Wildman–Crippen MR) is 170 cm³/mol. The van der Waals surface area contributed by atoms with Crippen molar-refractivity contribution in [1.82, 2.24) is 0 Å². The first-order valence-electron chi connectivity index (χ1n) is 13.7. The maximum atomic E-state index is 10.7. The molecule has 6 rings (SSSR count). The second-order valence-electron chi connectivity index (χ2n) is 10.7. The van der Waals surface area contributed by atoms with Crippen LogP contribution in [0.2, 0.25) is 3.43 Å². The van der Waals surface area contributed by atoms with Gasteiger partial charge >= 0.3 is 46.7 Å². The molecule has 0 aliphatic rings. The topological polar surface area (TPSA) is 120 Å². The van der Waals surface area contributed by atoms with Crippen molar-refractivity contribution in [1.29, 1.82) is 0 Å². The molecular weight excluding hydrogens is 659 g/mol. The predicted octanol–water partition coefficient (Wildman–Crippen LogP) is 4.98. The molecule has 0 saturated carbocycles. The Bertz CT molecular complexity index is 1670. The Labute approximate surface area is 269 Å². The molecule has 7 heteroatoms. The van der Waals surface area contributed by atoms with E-state index in [-0.39, 0.29) is 16.7 Å². The largest absolute Gasteiger partial charge is 0.545 e. The van der Waals surface area contributed by atoms with E-state index in [1.807, 2.05) is 72.8 Å². The van der Waals surface area contributed by atoms with Gasteiger partial charge in [0.05, 0.1) is 17.9 Å². The molecule has 6 nitrogen and oxygen atoms in total. The van der Waals surface area contributed by atoms with Crippen LogP contribution in [0.4, 0.5) is 0 Å². The minimum absolute atomic E-state index is 0.248. The molecule has 0 spiro atoms. The summed E-state index contributed by atoms with van der Waals surface area (Å²) in [6.07, 6.45) is 0. The van der Waals surface area contributed by atoms with Crippen LogP contribution in [0, 0.1) is 0 Å². The van der Waals surface area contributed by atoms with Crippen LogP contribution in [-0.2, 0) is 0 Å². The Morgan fingerprint density at radius 2 is 0.636 bits per heavy atom. The monoisotopic (exact) mass is 690 g/mol. The Hall–Kier alpha value is -4.69. The molecule has 0 aromatic heterocycles. The number of carbonyl (C=O) groups excluding carboxylic acids is 3. The van der Waals surface area contributed by atoms with E-state index in [0.717, 1.165) is 32.3 Å². The molecule has 6 aromatic carbocycles. The van der Waals surface area contributed by atoms with E-state index in [4.69, 9.17) is 0 Å². The Balaban J connectivity index is 0.000000168. The summed E-state index contributed by atoms with van der Waals surface area (Å²) in [5.41, 5.74) is 0.745. The Morgan fingerprint density at radius 1 is 0.432 bits per heavy atom. The quantitative estimate of drug-likeness (QED) is 0.242. The fourth-order valence-corrected chi connectivity index (χ4v) is 4.21. The van der Waals surface area contributed by atoms with E-state index < -0.39 is 17.9 Å². The number of aromatic carboxylic acids is 3. The fourth-order valence-electron chi connectivity index (χ4n) is 4.21. The van der Waals surface area contributed by atoms with Crippen molar-refractivity contribution in [3.63, 3.8) is 0 Å². The zero-order valence-corrected chi connectivity index (χ0v) is 27.4. The number of rotatable bonds is 3. The van der Waals surface area contributed by atoms with Crippen molar-refractivity contribution in [2.45, 2.75) is 24.2 Å². The van der Waals surface area contributed by atoms with E-state index in [0.29, 0.717) is 3.43 Å². The number of carboxylic acid groups (broad SMARTS) is 3. The van der Waals surface area contributed by atoms with Gasteiger partial charge in [-0.05, 0) is 32.3 Å². The normalized spacial score (nSPS) is 10.4. The molecule has 0 radical (unpaired) electrons. The third-order valence-electron chi connectivity index (χ3n) is 6.03. The zero-order chi connectivity index (χ0) is 32.3. The summed E-state index contributed by atoms with van der Waals surface area (Å²) in [6, 6.07) is 37.5. The molecule has 0 unspecified atom stereocenters. The fraction of sp³-hybridized carbons (Fsp3) is 0.108. The van der Waals surface area contributed by atoms with Gasteiger partial charge in [-0.3, -0.25) is 0 Å². The number of fused-ring (bicyclic) bond motifs is 3. The molecule has 0 N–H and O–H groups in total. The van der Waals surface area contributed by atoms with E-state index in [9.17, 15) is 29.7 Å². The standard InChI is InChI=1S/3C11H8O2.C4H9.Sn/c3*12-11(13)10-7-3-5-8-4-1-2-6-9(8)10;1-4(2)3;/h3*1-7H,(H,12,13);1-3H3;/q;;;;+3/p-3. The minimum atomic E-state index is -1.13. The summed E-state index contributed by atoms with van der Waals surface area (Å²) < 4.78 is 0.590.